The molecule has 0 amide bonds. The van der Waals surface area contributed by atoms with Crippen molar-refractivity contribution in [3.8, 4) is 0 Å². The standard InChI is InChI=1S/C18H24N2O9/c21-6-12-15(25)16(26)17(27)18(29-12)28-7-11(22)14(24)13(23)10-5-19-8-3-1-2-4-9(8)20-10/h1-5,11-18,21-27H,6-7H2/t11-,12-,13-,14-,15+,16+,17-,18+/m1/s1. The summed E-state index contributed by atoms with van der Waals surface area (Å²) in [5, 5.41) is 69.2. The number of hydrogen-bond acceptors (Lipinski definition) is 11. The van der Waals surface area contributed by atoms with E-state index in [1.807, 2.05) is 0 Å². The van der Waals surface area contributed by atoms with E-state index in [2.05, 4.69) is 9.97 Å². The minimum absolute atomic E-state index is 0.0445. The summed E-state index contributed by atoms with van der Waals surface area (Å²) >= 11 is 0. The molecule has 0 saturated carbocycles. The van der Waals surface area contributed by atoms with Crippen LogP contribution in [0.3, 0.4) is 0 Å². The highest BCUT2D eigenvalue weighted by Gasteiger charge is 2.44. The van der Waals surface area contributed by atoms with Crippen molar-refractivity contribution < 1.29 is 45.2 Å². The molecular weight excluding hydrogens is 388 g/mol. The monoisotopic (exact) mass is 412 g/mol. The lowest BCUT2D eigenvalue weighted by Crippen LogP contribution is -2.59. The second-order valence-electron chi connectivity index (χ2n) is 6.82. The Labute approximate surface area is 165 Å². The van der Waals surface area contributed by atoms with Crippen LogP contribution in [0, 0.1) is 0 Å². The molecule has 3 rings (SSSR count). The van der Waals surface area contributed by atoms with Crippen molar-refractivity contribution in [1.29, 1.82) is 0 Å². The number of fused-ring (bicyclic) bond motifs is 1. The molecule has 1 aromatic carbocycles. The summed E-state index contributed by atoms with van der Waals surface area (Å²) < 4.78 is 10.3. The molecule has 0 bridgehead atoms. The van der Waals surface area contributed by atoms with Crippen molar-refractivity contribution in [2.45, 2.75) is 49.0 Å². The molecule has 1 fully saturated rings. The average molecular weight is 412 g/mol. The molecule has 0 aliphatic carbocycles. The topological polar surface area (TPSA) is 186 Å². The minimum atomic E-state index is -1.70. The summed E-state index contributed by atoms with van der Waals surface area (Å²) in [5.74, 6) is 0. The Morgan fingerprint density at radius 2 is 1.69 bits per heavy atom. The van der Waals surface area contributed by atoms with E-state index in [-0.39, 0.29) is 5.69 Å². The Hall–Kier alpha value is -1.80. The quantitative estimate of drug-likeness (QED) is 0.249. The second-order valence-corrected chi connectivity index (χ2v) is 6.82. The Morgan fingerprint density at radius 1 is 1.00 bits per heavy atom. The van der Waals surface area contributed by atoms with E-state index < -0.39 is 62.2 Å². The van der Waals surface area contributed by atoms with E-state index in [0.29, 0.717) is 11.0 Å². The summed E-state index contributed by atoms with van der Waals surface area (Å²) in [6.45, 7) is -1.21. The number of nitrogens with zero attached hydrogens (tertiary/aromatic N) is 2. The Balaban J connectivity index is 1.61. The van der Waals surface area contributed by atoms with Crippen LogP contribution in [0.4, 0.5) is 0 Å². The largest absolute Gasteiger partial charge is 0.394 e. The van der Waals surface area contributed by atoms with Gasteiger partial charge in [0.05, 0.1) is 36.1 Å². The van der Waals surface area contributed by atoms with Crippen LogP contribution in [0.1, 0.15) is 11.8 Å². The summed E-state index contributed by atoms with van der Waals surface area (Å²) in [5.41, 5.74) is 1.15. The third kappa shape index (κ3) is 4.69. The molecule has 1 aliphatic heterocycles. The van der Waals surface area contributed by atoms with Crippen molar-refractivity contribution >= 4 is 11.0 Å². The molecule has 160 valence electrons. The molecule has 8 atom stereocenters. The first-order valence-corrected chi connectivity index (χ1v) is 9.01. The number of hydrogen-bond donors (Lipinski definition) is 7. The molecule has 2 heterocycles. The maximum atomic E-state index is 10.3. The van der Waals surface area contributed by atoms with Crippen LogP contribution in [0.15, 0.2) is 30.5 Å². The molecule has 2 aromatic rings. The lowest BCUT2D eigenvalue weighted by atomic mass is 9.99. The van der Waals surface area contributed by atoms with Gasteiger partial charge in [-0.05, 0) is 12.1 Å². The Morgan fingerprint density at radius 3 is 2.38 bits per heavy atom. The number of ether oxygens (including phenoxy) is 2. The SMILES string of the molecule is OC[C@H]1O[C@H](OC[C@@H](O)[C@@H](O)[C@H](O)c2cnc3ccccc3n2)[C@H](O)[C@@H](O)[C@H]1O. The smallest absolute Gasteiger partial charge is 0.186 e. The Bertz CT molecular complexity index is 808. The molecule has 0 spiro atoms. The fourth-order valence-electron chi connectivity index (χ4n) is 3.00. The van der Waals surface area contributed by atoms with Crippen molar-refractivity contribution in [1.82, 2.24) is 9.97 Å². The van der Waals surface area contributed by atoms with E-state index in [1.165, 1.54) is 6.20 Å². The van der Waals surface area contributed by atoms with Crippen LogP contribution in [0.2, 0.25) is 0 Å². The van der Waals surface area contributed by atoms with Gasteiger partial charge in [0.2, 0.25) is 0 Å². The number of aliphatic hydroxyl groups excluding tert-OH is 7. The third-order valence-electron chi connectivity index (χ3n) is 4.77. The van der Waals surface area contributed by atoms with Gasteiger partial charge in [0.25, 0.3) is 0 Å². The first-order chi connectivity index (χ1) is 13.8. The summed E-state index contributed by atoms with van der Waals surface area (Å²) in [6, 6.07) is 6.94. The third-order valence-corrected chi connectivity index (χ3v) is 4.77. The highest BCUT2D eigenvalue weighted by molar-refractivity contribution is 5.73. The maximum Gasteiger partial charge on any atom is 0.186 e. The second kappa shape index (κ2) is 9.34. The van der Waals surface area contributed by atoms with E-state index >= 15 is 0 Å². The number of rotatable bonds is 7. The highest BCUT2D eigenvalue weighted by atomic mass is 16.7. The van der Waals surface area contributed by atoms with E-state index in [0.717, 1.165) is 0 Å². The molecule has 11 heteroatoms. The zero-order valence-electron chi connectivity index (χ0n) is 15.3. The highest BCUT2D eigenvalue weighted by Crippen LogP contribution is 2.23. The van der Waals surface area contributed by atoms with Gasteiger partial charge in [-0.2, -0.15) is 0 Å². The molecule has 1 aliphatic rings. The van der Waals surface area contributed by atoms with Crippen LogP contribution in [0.25, 0.3) is 11.0 Å². The molecule has 0 radical (unpaired) electrons. The minimum Gasteiger partial charge on any atom is -0.394 e. The molecule has 1 saturated heterocycles. The van der Waals surface area contributed by atoms with Crippen LogP contribution in [-0.4, -0.2) is 102 Å². The van der Waals surface area contributed by atoms with Gasteiger partial charge in [0.1, 0.15) is 42.7 Å². The van der Waals surface area contributed by atoms with Crippen LogP contribution in [-0.2, 0) is 9.47 Å². The first-order valence-electron chi connectivity index (χ1n) is 9.01. The number of aliphatic hydroxyl groups is 7. The zero-order chi connectivity index (χ0) is 21.1. The first kappa shape index (κ1) is 21.9. The van der Waals surface area contributed by atoms with Gasteiger partial charge in [-0.3, -0.25) is 4.98 Å². The van der Waals surface area contributed by atoms with E-state index in [9.17, 15) is 30.6 Å². The zero-order valence-corrected chi connectivity index (χ0v) is 15.3. The van der Waals surface area contributed by atoms with Gasteiger partial charge in [-0.15, -0.1) is 0 Å². The summed E-state index contributed by atoms with van der Waals surface area (Å²) in [4.78, 5) is 8.33. The number of para-hydroxylation sites is 2. The molecular formula is C18H24N2O9. The normalized spacial score (nSPS) is 30.8. The van der Waals surface area contributed by atoms with Gasteiger partial charge in [-0.25, -0.2) is 4.98 Å². The Kier molecular flexibility index (Phi) is 7.05. The average Bonchev–Trinajstić information content (AvgIpc) is 2.75. The fraction of sp³-hybridized carbons (Fsp3) is 0.556. The van der Waals surface area contributed by atoms with Crippen LogP contribution >= 0.6 is 0 Å². The molecule has 29 heavy (non-hydrogen) atoms. The van der Waals surface area contributed by atoms with Crippen molar-refractivity contribution in [3.63, 3.8) is 0 Å². The van der Waals surface area contributed by atoms with Gasteiger partial charge < -0.3 is 45.2 Å². The predicted molar refractivity (Wildman–Crippen MR) is 96.2 cm³/mol. The fourth-order valence-corrected chi connectivity index (χ4v) is 3.00. The summed E-state index contributed by atoms with van der Waals surface area (Å²) in [6.07, 6.45) is -11.1. The maximum absolute atomic E-state index is 10.3. The number of aromatic nitrogens is 2. The van der Waals surface area contributed by atoms with Crippen molar-refractivity contribution in [2.75, 3.05) is 13.2 Å². The van der Waals surface area contributed by atoms with Crippen LogP contribution in [0.5, 0.6) is 0 Å². The molecule has 7 N–H and O–H groups in total. The van der Waals surface area contributed by atoms with Crippen molar-refractivity contribution in [3.05, 3.63) is 36.2 Å². The van der Waals surface area contributed by atoms with E-state index in [4.69, 9.17) is 14.6 Å². The van der Waals surface area contributed by atoms with Crippen LogP contribution < -0.4 is 0 Å². The predicted octanol–water partition coefficient (Wildman–Crippen LogP) is -2.80. The molecule has 11 nitrogen and oxygen atoms in total. The lowest BCUT2D eigenvalue weighted by Gasteiger charge is -2.40. The number of benzene rings is 1. The lowest BCUT2D eigenvalue weighted by molar-refractivity contribution is -0.306. The summed E-state index contributed by atoms with van der Waals surface area (Å²) in [7, 11) is 0. The van der Waals surface area contributed by atoms with Crippen molar-refractivity contribution in [2.24, 2.45) is 0 Å². The van der Waals surface area contributed by atoms with Gasteiger partial charge in [-0.1, -0.05) is 12.1 Å². The van der Waals surface area contributed by atoms with E-state index in [1.54, 1.807) is 24.3 Å². The van der Waals surface area contributed by atoms with Gasteiger partial charge in [0, 0.05) is 0 Å². The van der Waals surface area contributed by atoms with Gasteiger partial charge >= 0.3 is 0 Å². The van der Waals surface area contributed by atoms with Gasteiger partial charge in [0.15, 0.2) is 6.29 Å². The molecule has 1 aromatic heterocycles. The molecule has 0 unspecified atom stereocenters.